The molecule has 0 saturated carbocycles. The summed E-state index contributed by atoms with van der Waals surface area (Å²) in [6, 6.07) is 0. The van der Waals surface area contributed by atoms with E-state index in [1.807, 2.05) is 6.92 Å². The molecule has 0 radical (unpaired) electrons. The van der Waals surface area contributed by atoms with Crippen molar-refractivity contribution in [3.05, 3.63) is 0 Å². The molecular formula is C5H11ClO3S. The largest absolute Gasteiger partial charge is 0.269 e. The molecule has 1 atom stereocenters. The van der Waals surface area contributed by atoms with Gasteiger partial charge in [-0.25, -0.2) is 0 Å². The van der Waals surface area contributed by atoms with Gasteiger partial charge in [0, 0.05) is 0 Å². The first-order valence-electron chi connectivity index (χ1n) is 2.94. The second kappa shape index (κ2) is 4.16. The number of alkyl halides is 1. The lowest BCUT2D eigenvalue weighted by molar-refractivity contribution is 0.317. The van der Waals surface area contributed by atoms with E-state index in [1.54, 1.807) is 0 Å². The summed E-state index contributed by atoms with van der Waals surface area (Å²) in [6.07, 6.45) is 1.71. The summed E-state index contributed by atoms with van der Waals surface area (Å²) < 4.78 is 25.2. The first-order valence-corrected chi connectivity index (χ1v) is 5.19. The number of hydrogen-bond donors (Lipinski definition) is 0. The molecule has 10 heavy (non-hydrogen) atoms. The lowest BCUT2D eigenvalue weighted by atomic mass is 10.4. The summed E-state index contributed by atoms with van der Waals surface area (Å²) in [5.74, 6) is 0. The van der Waals surface area contributed by atoms with Gasteiger partial charge in [-0.2, -0.15) is 8.42 Å². The highest BCUT2D eigenvalue weighted by molar-refractivity contribution is 7.85. The Kier molecular flexibility index (Phi) is 4.24. The molecule has 0 aromatic heterocycles. The zero-order valence-corrected chi connectivity index (χ0v) is 7.57. The predicted octanol–water partition coefficient (Wildman–Crippen LogP) is 0.980. The molecule has 5 heteroatoms. The SMILES string of the molecule is CC[C@H](Cl)COS(C)(=O)=O. The van der Waals surface area contributed by atoms with Crippen LogP contribution in [0.2, 0.25) is 0 Å². The maximum absolute atomic E-state index is 10.4. The van der Waals surface area contributed by atoms with Crippen LogP contribution in [-0.2, 0) is 14.3 Å². The van der Waals surface area contributed by atoms with E-state index >= 15 is 0 Å². The Morgan fingerprint density at radius 1 is 1.60 bits per heavy atom. The van der Waals surface area contributed by atoms with E-state index in [0.717, 1.165) is 6.26 Å². The van der Waals surface area contributed by atoms with Gasteiger partial charge in [0.2, 0.25) is 0 Å². The van der Waals surface area contributed by atoms with Crippen LogP contribution >= 0.6 is 11.6 Å². The van der Waals surface area contributed by atoms with Crippen molar-refractivity contribution in [1.29, 1.82) is 0 Å². The van der Waals surface area contributed by atoms with Gasteiger partial charge in [0.15, 0.2) is 0 Å². The quantitative estimate of drug-likeness (QED) is 0.486. The normalized spacial score (nSPS) is 15.1. The lowest BCUT2D eigenvalue weighted by Gasteiger charge is -2.04. The van der Waals surface area contributed by atoms with Crippen LogP contribution in [0.3, 0.4) is 0 Å². The topological polar surface area (TPSA) is 43.4 Å². The molecule has 0 aromatic carbocycles. The molecule has 0 unspecified atom stereocenters. The van der Waals surface area contributed by atoms with Crippen LogP contribution in [0.25, 0.3) is 0 Å². The molecule has 0 N–H and O–H groups in total. The molecule has 0 aliphatic carbocycles. The van der Waals surface area contributed by atoms with Gasteiger partial charge in [0.1, 0.15) is 0 Å². The van der Waals surface area contributed by atoms with Crippen LogP contribution in [-0.4, -0.2) is 26.7 Å². The average Bonchev–Trinajstić information content (AvgIpc) is 1.81. The van der Waals surface area contributed by atoms with E-state index in [1.165, 1.54) is 0 Å². The van der Waals surface area contributed by atoms with Crippen molar-refractivity contribution in [2.75, 3.05) is 12.9 Å². The minimum absolute atomic E-state index is 0.0664. The molecule has 3 nitrogen and oxygen atoms in total. The maximum atomic E-state index is 10.4. The molecule has 0 rings (SSSR count). The summed E-state index contributed by atoms with van der Waals surface area (Å²) in [5.41, 5.74) is 0. The van der Waals surface area contributed by atoms with Gasteiger partial charge in [-0.15, -0.1) is 11.6 Å². The van der Waals surface area contributed by atoms with Crippen molar-refractivity contribution < 1.29 is 12.6 Å². The average molecular weight is 187 g/mol. The second-order valence-corrected chi connectivity index (χ2v) is 4.26. The Bertz CT molecular complexity index is 175. The summed E-state index contributed by atoms with van der Waals surface area (Å²) in [6.45, 7) is 1.93. The van der Waals surface area contributed by atoms with Gasteiger partial charge in [0.25, 0.3) is 10.1 Å². The molecule has 0 aromatic rings. The van der Waals surface area contributed by atoms with Crippen molar-refractivity contribution >= 4 is 21.7 Å². The third kappa shape index (κ3) is 6.32. The Morgan fingerprint density at radius 2 is 2.10 bits per heavy atom. The van der Waals surface area contributed by atoms with Crippen molar-refractivity contribution in [1.82, 2.24) is 0 Å². The Balaban J connectivity index is 3.56. The van der Waals surface area contributed by atoms with Gasteiger partial charge in [0.05, 0.1) is 18.2 Å². The standard InChI is InChI=1S/C5H11ClO3S/c1-3-5(6)4-9-10(2,7)8/h5H,3-4H2,1-2H3/t5-/m0/s1. The maximum Gasteiger partial charge on any atom is 0.264 e. The summed E-state index contributed by atoms with van der Waals surface area (Å²) in [4.78, 5) is 0. The lowest BCUT2D eigenvalue weighted by Crippen LogP contribution is -2.12. The highest BCUT2D eigenvalue weighted by atomic mass is 35.5. The van der Waals surface area contributed by atoms with Crippen LogP contribution in [0.15, 0.2) is 0 Å². The van der Waals surface area contributed by atoms with E-state index in [-0.39, 0.29) is 12.0 Å². The zero-order chi connectivity index (χ0) is 8.20. The fraction of sp³-hybridized carbons (Fsp3) is 1.00. The Hall–Kier alpha value is 0.200. The van der Waals surface area contributed by atoms with Crippen LogP contribution in [0, 0.1) is 0 Å². The molecule has 0 spiro atoms. The fourth-order valence-electron chi connectivity index (χ4n) is 0.315. The van der Waals surface area contributed by atoms with Gasteiger partial charge < -0.3 is 0 Å². The number of rotatable bonds is 4. The summed E-state index contributed by atoms with van der Waals surface area (Å²) in [7, 11) is -3.31. The molecule has 0 aliphatic rings. The van der Waals surface area contributed by atoms with Gasteiger partial charge in [-0.1, -0.05) is 6.92 Å². The zero-order valence-electron chi connectivity index (χ0n) is 6.00. The van der Waals surface area contributed by atoms with Crippen molar-refractivity contribution in [2.45, 2.75) is 18.7 Å². The smallest absolute Gasteiger partial charge is 0.264 e. The first kappa shape index (κ1) is 10.2. The third-order valence-electron chi connectivity index (χ3n) is 0.906. The highest BCUT2D eigenvalue weighted by Crippen LogP contribution is 2.02. The molecule has 0 bridgehead atoms. The molecular weight excluding hydrogens is 176 g/mol. The van der Waals surface area contributed by atoms with E-state index < -0.39 is 10.1 Å². The number of halogens is 1. The van der Waals surface area contributed by atoms with Crippen molar-refractivity contribution in [3.63, 3.8) is 0 Å². The van der Waals surface area contributed by atoms with Crippen molar-refractivity contribution in [2.24, 2.45) is 0 Å². The molecule has 0 amide bonds. The Labute approximate surface area is 66.5 Å². The van der Waals surface area contributed by atoms with Gasteiger partial charge in [-0.3, -0.25) is 4.18 Å². The highest BCUT2D eigenvalue weighted by Gasteiger charge is 2.06. The van der Waals surface area contributed by atoms with E-state index in [4.69, 9.17) is 11.6 Å². The minimum atomic E-state index is -3.31. The summed E-state index contributed by atoms with van der Waals surface area (Å²) >= 11 is 5.58. The van der Waals surface area contributed by atoms with E-state index in [9.17, 15) is 8.42 Å². The predicted molar refractivity (Wildman–Crippen MR) is 40.7 cm³/mol. The third-order valence-corrected chi connectivity index (χ3v) is 1.90. The van der Waals surface area contributed by atoms with Crippen molar-refractivity contribution in [3.8, 4) is 0 Å². The van der Waals surface area contributed by atoms with Gasteiger partial charge in [-0.05, 0) is 6.42 Å². The van der Waals surface area contributed by atoms with Crippen LogP contribution < -0.4 is 0 Å². The first-order chi connectivity index (χ1) is 4.45. The summed E-state index contributed by atoms with van der Waals surface area (Å²) in [5, 5.41) is -0.213. The Morgan fingerprint density at radius 3 is 2.40 bits per heavy atom. The van der Waals surface area contributed by atoms with Crippen LogP contribution in [0.4, 0.5) is 0 Å². The second-order valence-electron chi connectivity index (χ2n) is 1.99. The van der Waals surface area contributed by atoms with Gasteiger partial charge >= 0.3 is 0 Å². The fourth-order valence-corrected chi connectivity index (χ4v) is 0.864. The molecule has 0 aliphatic heterocycles. The van der Waals surface area contributed by atoms with E-state index in [0.29, 0.717) is 6.42 Å². The van der Waals surface area contributed by atoms with Crippen LogP contribution in [0.5, 0.6) is 0 Å². The molecule has 62 valence electrons. The van der Waals surface area contributed by atoms with E-state index in [2.05, 4.69) is 4.18 Å². The number of hydrogen-bond acceptors (Lipinski definition) is 3. The molecule has 0 heterocycles. The molecule has 0 fully saturated rings. The van der Waals surface area contributed by atoms with Crippen LogP contribution in [0.1, 0.15) is 13.3 Å². The molecule has 0 saturated heterocycles. The monoisotopic (exact) mass is 186 g/mol. The minimum Gasteiger partial charge on any atom is -0.269 e.